The number of rotatable bonds is 6. The second kappa shape index (κ2) is 7.05. The molecule has 0 radical (unpaired) electrons. The van der Waals surface area contributed by atoms with Gasteiger partial charge in [0.25, 0.3) is 0 Å². The van der Waals surface area contributed by atoms with E-state index >= 15 is 0 Å². The number of benzene rings is 1. The summed E-state index contributed by atoms with van der Waals surface area (Å²) in [6.07, 6.45) is 2.31. The Hall–Kier alpha value is -0.690. The lowest BCUT2D eigenvalue weighted by Crippen LogP contribution is -2.35. The molecule has 0 bridgehead atoms. The van der Waals surface area contributed by atoms with Crippen LogP contribution in [0.1, 0.15) is 18.4 Å². The molecule has 1 heterocycles. The number of halogens is 2. The van der Waals surface area contributed by atoms with Crippen molar-refractivity contribution in [3.63, 3.8) is 0 Å². The summed E-state index contributed by atoms with van der Waals surface area (Å²) in [7, 11) is -2.34. The first-order valence-electron chi connectivity index (χ1n) is 6.98. The quantitative estimate of drug-likeness (QED) is 0.749. The van der Waals surface area contributed by atoms with E-state index in [1.54, 1.807) is 0 Å². The average molecular weight is 335 g/mol. The lowest BCUT2D eigenvalue weighted by Gasteiger charge is -2.21. The van der Waals surface area contributed by atoms with E-state index < -0.39 is 15.8 Å². The van der Waals surface area contributed by atoms with Gasteiger partial charge in [-0.15, -0.1) is 11.6 Å². The molecule has 0 N–H and O–H groups in total. The van der Waals surface area contributed by atoms with Gasteiger partial charge in [0.15, 0.2) is 0 Å². The lowest BCUT2D eigenvalue weighted by molar-refractivity contribution is 0.309. The maximum absolute atomic E-state index is 13.8. The van der Waals surface area contributed by atoms with Crippen LogP contribution in [0, 0.1) is 5.82 Å². The Balaban J connectivity index is 2.12. The van der Waals surface area contributed by atoms with Crippen LogP contribution in [0.4, 0.5) is 4.39 Å². The molecular formula is C14H20ClFN2O2S. The van der Waals surface area contributed by atoms with Crippen LogP contribution >= 0.6 is 11.6 Å². The standard InChI is InChI=1S/C14H20ClFN2O2S/c1-17(8-9-18-6-2-3-7-18)21(19,20)14-10-12(11-15)4-5-13(14)16/h4-5,10H,2-3,6-9,11H2,1H3. The van der Waals surface area contributed by atoms with Crippen LogP contribution in [0.5, 0.6) is 0 Å². The summed E-state index contributed by atoms with van der Waals surface area (Å²) in [6.45, 7) is 3.04. The fourth-order valence-electron chi connectivity index (χ4n) is 2.41. The van der Waals surface area contributed by atoms with E-state index in [-0.39, 0.29) is 10.8 Å². The molecule has 1 aromatic rings. The van der Waals surface area contributed by atoms with E-state index in [0.717, 1.165) is 32.0 Å². The third-order valence-electron chi connectivity index (χ3n) is 3.77. The zero-order valence-electron chi connectivity index (χ0n) is 12.1. The molecule has 1 aliphatic heterocycles. The maximum atomic E-state index is 13.8. The van der Waals surface area contributed by atoms with Crippen molar-refractivity contribution in [2.24, 2.45) is 0 Å². The Morgan fingerprint density at radius 3 is 2.62 bits per heavy atom. The smallest absolute Gasteiger partial charge is 0.245 e. The van der Waals surface area contributed by atoms with Gasteiger partial charge in [-0.2, -0.15) is 4.31 Å². The van der Waals surface area contributed by atoms with Gasteiger partial charge in [0.2, 0.25) is 10.0 Å². The molecule has 2 rings (SSSR count). The van der Waals surface area contributed by atoms with E-state index in [0.29, 0.717) is 18.7 Å². The number of likely N-dealkylation sites (tertiary alicyclic amines) is 1. The fourth-order valence-corrected chi connectivity index (χ4v) is 3.84. The summed E-state index contributed by atoms with van der Waals surface area (Å²) in [6, 6.07) is 3.95. The second-order valence-corrected chi connectivity index (χ2v) is 7.55. The highest BCUT2D eigenvalue weighted by Gasteiger charge is 2.25. The second-order valence-electron chi connectivity index (χ2n) is 5.27. The van der Waals surface area contributed by atoms with E-state index in [1.165, 1.54) is 23.5 Å². The number of nitrogens with zero attached hydrogens (tertiary/aromatic N) is 2. The summed E-state index contributed by atoms with van der Waals surface area (Å²) in [5, 5.41) is 0. The number of likely N-dealkylation sites (N-methyl/N-ethyl adjacent to an activating group) is 1. The SMILES string of the molecule is CN(CCN1CCCC1)S(=O)(=O)c1cc(CCl)ccc1F. The van der Waals surface area contributed by atoms with Crippen molar-refractivity contribution < 1.29 is 12.8 Å². The third kappa shape index (κ3) is 3.94. The molecular weight excluding hydrogens is 315 g/mol. The first kappa shape index (κ1) is 16.7. The molecule has 0 unspecified atom stereocenters. The molecule has 4 nitrogen and oxygen atoms in total. The number of hydrogen-bond donors (Lipinski definition) is 0. The molecule has 0 aliphatic carbocycles. The van der Waals surface area contributed by atoms with Crippen LogP contribution < -0.4 is 0 Å². The first-order chi connectivity index (χ1) is 9.95. The predicted molar refractivity (Wildman–Crippen MR) is 81.4 cm³/mol. The van der Waals surface area contributed by atoms with Gasteiger partial charge in [-0.1, -0.05) is 6.07 Å². The van der Waals surface area contributed by atoms with Gasteiger partial charge in [0.1, 0.15) is 10.7 Å². The Labute approximate surface area is 130 Å². The van der Waals surface area contributed by atoms with Crippen LogP contribution in [0.3, 0.4) is 0 Å². The summed E-state index contributed by atoms with van der Waals surface area (Å²) < 4.78 is 40.0. The van der Waals surface area contributed by atoms with Gasteiger partial charge < -0.3 is 4.90 Å². The molecule has 7 heteroatoms. The number of hydrogen-bond acceptors (Lipinski definition) is 3. The van der Waals surface area contributed by atoms with Gasteiger partial charge in [-0.25, -0.2) is 12.8 Å². The van der Waals surface area contributed by atoms with Gasteiger partial charge in [0, 0.05) is 26.0 Å². The van der Waals surface area contributed by atoms with Crippen LogP contribution in [0.2, 0.25) is 0 Å². The van der Waals surface area contributed by atoms with E-state index in [4.69, 9.17) is 11.6 Å². The highest BCUT2D eigenvalue weighted by molar-refractivity contribution is 7.89. The Morgan fingerprint density at radius 1 is 1.33 bits per heavy atom. The molecule has 0 spiro atoms. The predicted octanol–water partition coefficient (Wildman–Crippen LogP) is 2.28. The van der Waals surface area contributed by atoms with Gasteiger partial charge in [-0.3, -0.25) is 0 Å². The monoisotopic (exact) mass is 334 g/mol. The van der Waals surface area contributed by atoms with Crippen molar-refractivity contribution in [3.8, 4) is 0 Å². The highest BCUT2D eigenvalue weighted by Crippen LogP contribution is 2.21. The average Bonchev–Trinajstić information content (AvgIpc) is 2.98. The van der Waals surface area contributed by atoms with Crippen LogP contribution in [0.25, 0.3) is 0 Å². The van der Waals surface area contributed by atoms with Crippen LogP contribution in [-0.2, 0) is 15.9 Å². The number of alkyl halides is 1. The van der Waals surface area contributed by atoms with Crippen molar-refractivity contribution in [2.75, 3.05) is 33.2 Å². The van der Waals surface area contributed by atoms with E-state index in [9.17, 15) is 12.8 Å². The molecule has 0 saturated carbocycles. The van der Waals surface area contributed by atoms with Crippen LogP contribution in [-0.4, -0.2) is 50.8 Å². The Bertz CT molecular complexity index is 589. The van der Waals surface area contributed by atoms with Crippen molar-refractivity contribution in [3.05, 3.63) is 29.6 Å². The first-order valence-corrected chi connectivity index (χ1v) is 8.95. The minimum atomic E-state index is -3.82. The van der Waals surface area contributed by atoms with Crippen molar-refractivity contribution in [2.45, 2.75) is 23.6 Å². The fraction of sp³-hybridized carbons (Fsp3) is 0.571. The summed E-state index contributed by atoms with van der Waals surface area (Å²) >= 11 is 5.69. The normalized spacial score (nSPS) is 16.8. The van der Waals surface area contributed by atoms with Gasteiger partial charge >= 0.3 is 0 Å². The molecule has 21 heavy (non-hydrogen) atoms. The maximum Gasteiger partial charge on any atom is 0.245 e. The molecule has 0 atom stereocenters. The molecule has 1 aliphatic rings. The van der Waals surface area contributed by atoms with Gasteiger partial charge in [-0.05, 0) is 43.6 Å². The molecule has 1 saturated heterocycles. The highest BCUT2D eigenvalue weighted by atomic mass is 35.5. The molecule has 0 amide bonds. The molecule has 0 aromatic heterocycles. The lowest BCUT2D eigenvalue weighted by atomic mass is 10.2. The third-order valence-corrected chi connectivity index (χ3v) is 5.95. The largest absolute Gasteiger partial charge is 0.302 e. The van der Waals surface area contributed by atoms with Crippen molar-refractivity contribution in [1.82, 2.24) is 9.21 Å². The Kier molecular flexibility index (Phi) is 5.60. The summed E-state index contributed by atoms with van der Waals surface area (Å²) in [4.78, 5) is 1.92. The summed E-state index contributed by atoms with van der Waals surface area (Å²) in [5.74, 6) is -0.586. The van der Waals surface area contributed by atoms with Gasteiger partial charge in [0.05, 0.1) is 0 Å². The Morgan fingerprint density at radius 2 is 2.00 bits per heavy atom. The number of sulfonamides is 1. The van der Waals surface area contributed by atoms with Crippen molar-refractivity contribution >= 4 is 21.6 Å². The minimum Gasteiger partial charge on any atom is -0.302 e. The summed E-state index contributed by atoms with van der Waals surface area (Å²) in [5.41, 5.74) is 0.588. The molecule has 1 fully saturated rings. The zero-order valence-corrected chi connectivity index (χ0v) is 13.6. The van der Waals surface area contributed by atoms with E-state index in [2.05, 4.69) is 4.90 Å². The molecule has 1 aromatic carbocycles. The minimum absolute atomic E-state index is 0.153. The molecule has 118 valence electrons. The zero-order chi connectivity index (χ0) is 15.5. The van der Waals surface area contributed by atoms with Crippen LogP contribution in [0.15, 0.2) is 23.1 Å². The van der Waals surface area contributed by atoms with Crippen molar-refractivity contribution in [1.29, 1.82) is 0 Å². The topological polar surface area (TPSA) is 40.6 Å². The van der Waals surface area contributed by atoms with E-state index in [1.807, 2.05) is 0 Å².